The van der Waals surface area contributed by atoms with E-state index < -0.39 is 24.5 Å². The molecule has 1 fully saturated rings. The molecule has 4 N–H and O–H groups in total. The van der Waals surface area contributed by atoms with Gasteiger partial charge in [-0.05, 0) is 18.4 Å². The van der Waals surface area contributed by atoms with Crippen LogP contribution in [0, 0.1) is 5.41 Å². The summed E-state index contributed by atoms with van der Waals surface area (Å²) in [5.74, 6) is 0. The Hall–Kier alpha value is -0.200. The summed E-state index contributed by atoms with van der Waals surface area (Å²) in [6, 6.07) is 0. The van der Waals surface area contributed by atoms with Crippen LogP contribution in [0.15, 0.2) is 0 Å². The molecule has 1 aliphatic rings. The van der Waals surface area contributed by atoms with Gasteiger partial charge in [0.05, 0.1) is 6.61 Å². The van der Waals surface area contributed by atoms with Gasteiger partial charge in [0.2, 0.25) is 0 Å². The molecule has 0 spiro atoms. The molecule has 2 unspecified atom stereocenters. The lowest BCUT2D eigenvalue weighted by atomic mass is 9.92. The van der Waals surface area contributed by atoms with Crippen LogP contribution in [0.4, 0.5) is 0 Å². The zero-order valence-corrected chi connectivity index (χ0v) is 10.2. The summed E-state index contributed by atoms with van der Waals surface area (Å²) in [5, 5.41) is 31.4. The molecule has 96 valence electrons. The van der Waals surface area contributed by atoms with Crippen LogP contribution in [-0.2, 0) is 4.74 Å². The van der Waals surface area contributed by atoms with Crippen molar-refractivity contribution in [3.63, 3.8) is 0 Å². The standard InChI is InChI=1S/C11H23NO4/c1-11(2,3)4-5-12-10-9(15)8(14)7(13)6-16-10/h7-10,12-15H,4-6H2,1-3H3/t7-,8?,9?,10-/m1/s1. The monoisotopic (exact) mass is 233 g/mol. The smallest absolute Gasteiger partial charge is 0.137 e. The molecule has 5 nitrogen and oxygen atoms in total. The zero-order chi connectivity index (χ0) is 12.3. The summed E-state index contributed by atoms with van der Waals surface area (Å²) in [6.45, 7) is 7.14. The molecular formula is C11H23NO4. The lowest BCUT2D eigenvalue weighted by Gasteiger charge is -2.36. The van der Waals surface area contributed by atoms with Gasteiger partial charge in [0.25, 0.3) is 0 Å². The van der Waals surface area contributed by atoms with E-state index in [2.05, 4.69) is 26.1 Å². The number of ether oxygens (including phenoxy) is 1. The zero-order valence-electron chi connectivity index (χ0n) is 10.2. The van der Waals surface area contributed by atoms with Crippen molar-refractivity contribution in [2.45, 2.75) is 51.7 Å². The van der Waals surface area contributed by atoms with E-state index in [1.807, 2.05) is 0 Å². The fourth-order valence-electron chi connectivity index (χ4n) is 1.58. The number of rotatable bonds is 3. The van der Waals surface area contributed by atoms with Crippen LogP contribution in [0.25, 0.3) is 0 Å². The van der Waals surface area contributed by atoms with E-state index in [9.17, 15) is 15.3 Å². The second kappa shape index (κ2) is 5.42. The minimum absolute atomic E-state index is 0.0470. The van der Waals surface area contributed by atoms with Crippen molar-refractivity contribution in [2.75, 3.05) is 13.2 Å². The average molecular weight is 233 g/mol. The van der Waals surface area contributed by atoms with Crippen molar-refractivity contribution < 1.29 is 20.1 Å². The second-order valence-electron chi connectivity index (χ2n) is 5.57. The normalized spacial score (nSPS) is 36.4. The van der Waals surface area contributed by atoms with Gasteiger partial charge < -0.3 is 20.1 Å². The molecule has 1 rings (SSSR count). The number of aliphatic hydroxyl groups is 3. The summed E-state index contributed by atoms with van der Waals surface area (Å²) >= 11 is 0. The first-order chi connectivity index (χ1) is 7.31. The fraction of sp³-hybridized carbons (Fsp3) is 1.00. The third-order valence-electron chi connectivity index (χ3n) is 2.72. The largest absolute Gasteiger partial charge is 0.388 e. The Labute approximate surface area is 96.4 Å². The SMILES string of the molecule is CC(C)(C)CCN[C@@H]1OC[C@@H](O)C(O)C1O. The molecule has 16 heavy (non-hydrogen) atoms. The van der Waals surface area contributed by atoms with E-state index in [4.69, 9.17) is 4.74 Å². The van der Waals surface area contributed by atoms with Crippen LogP contribution in [0.5, 0.6) is 0 Å². The molecule has 1 saturated heterocycles. The number of nitrogens with one attached hydrogen (secondary N) is 1. The van der Waals surface area contributed by atoms with E-state index >= 15 is 0 Å². The Morgan fingerprint density at radius 3 is 2.38 bits per heavy atom. The van der Waals surface area contributed by atoms with Gasteiger partial charge in [0.1, 0.15) is 24.5 Å². The quantitative estimate of drug-likeness (QED) is 0.526. The van der Waals surface area contributed by atoms with Crippen LogP contribution in [0.3, 0.4) is 0 Å². The molecule has 4 atom stereocenters. The Balaban J connectivity index is 2.32. The summed E-state index contributed by atoms with van der Waals surface area (Å²) in [5.41, 5.74) is 0.213. The van der Waals surface area contributed by atoms with Gasteiger partial charge in [-0.15, -0.1) is 0 Å². The third-order valence-corrected chi connectivity index (χ3v) is 2.72. The molecule has 0 aromatic heterocycles. The lowest BCUT2D eigenvalue weighted by Crippen LogP contribution is -2.58. The number of hydrogen-bond acceptors (Lipinski definition) is 5. The topological polar surface area (TPSA) is 82.0 Å². The van der Waals surface area contributed by atoms with Gasteiger partial charge in [0.15, 0.2) is 0 Å². The summed E-state index contributed by atoms with van der Waals surface area (Å²) in [4.78, 5) is 0. The maximum atomic E-state index is 9.64. The maximum absolute atomic E-state index is 9.64. The molecule has 0 aliphatic carbocycles. The first kappa shape index (κ1) is 13.9. The van der Waals surface area contributed by atoms with Crippen LogP contribution < -0.4 is 5.32 Å². The van der Waals surface area contributed by atoms with Crippen LogP contribution in [0.1, 0.15) is 27.2 Å². The highest BCUT2D eigenvalue weighted by atomic mass is 16.5. The van der Waals surface area contributed by atoms with Crippen molar-refractivity contribution in [1.29, 1.82) is 0 Å². The van der Waals surface area contributed by atoms with Gasteiger partial charge in [-0.1, -0.05) is 20.8 Å². The van der Waals surface area contributed by atoms with Crippen molar-refractivity contribution in [3.05, 3.63) is 0 Å². The van der Waals surface area contributed by atoms with Crippen LogP contribution in [-0.4, -0.2) is 53.0 Å². The summed E-state index contributed by atoms with van der Waals surface area (Å²) in [7, 11) is 0. The average Bonchev–Trinajstić information content (AvgIpc) is 2.16. The first-order valence-corrected chi connectivity index (χ1v) is 5.70. The van der Waals surface area contributed by atoms with Gasteiger partial charge in [-0.3, -0.25) is 5.32 Å². The predicted molar refractivity (Wildman–Crippen MR) is 59.8 cm³/mol. The molecular weight excluding hydrogens is 210 g/mol. The molecule has 5 heteroatoms. The predicted octanol–water partition coefficient (Wildman–Crippen LogP) is -0.549. The van der Waals surface area contributed by atoms with Crippen LogP contribution >= 0.6 is 0 Å². The number of hydrogen-bond donors (Lipinski definition) is 4. The minimum atomic E-state index is -1.14. The van der Waals surface area contributed by atoms with E-state index in [1.54, 1.807) is 0 Å². The van der Waals surface area contributed by atoms with Gasteiger partial charge in [0, 0.05) is 0 Å². The Morgan fingerprint density at radius 2 is 1.81 bits per heavy atom. The number of aliphatic hydroxyl groups excluding tert-OH is 3. The Morgan fingerprint density at radius 1 is 1.19 bits per heavy atom. The van der Waals surface area contributed by atoms with Crippen molar-refractivity contribution in [2.24, 2.45) is 5.41 Å². The summed E-state index contributed by atoms with van der Waals surface area (Å²) in [6.07, 6.45) is -2.88. The Bertz CT molecular complexity index is 217. The molecule has 0 saturated carbocycles. The summed E-state index contributed by atoms with van der Waals surface area (Å²) < 4.78 is 5.22. The highest BCUT2D eigenvalue weighted by Crippen LogP contribution is 2.18. The molecule has 0 amide bonds. The molecule has 1 heterocycles. The highest BCUT2D eigenvalue weighted by Gasteiger charge is 2.37. The van der Waals surface area contributed by atoms with Crippen molar-refractivity contribution in [3.8, 4) is 0 Å². The van der Waals surface area contributed by atoms with Gasteiger partial charge in [-0.25, -0.2) is 0 Å². The van der Waals surface area contributed by atoms with Crippen LogP contribution in [0.2, 0.25) is 0 Å². The molecule has 0 bridgehead atoms. The molecule has 0 aromatic carbocycles. The molecule has 1 aliphatic heterocycles. The van der Waals surface area contributed by atoms with Crippen molar-refractivity contribution >= 4 is 0 Å². The maximum Gasteiger partial charge on any atom is 0.137 e. The lowest BCUT2D eigenvalue weighted by molar-refractivity contribution is -0.195. The molecule has 0 aromatic rings. The van der Waals surface area contributed by atoms with E-state index in [0.717, 1.165) is 6.42 Å². The Kier molecular flexibility index (Phi) is 4.70. The van der Waals surface area contributed by atoms with E-state index in [1.165, 1.54) is 0 Å². The van der Waals surface area contributed by atoms with Gasteiger partial charge >= 0.3 is 0 Å². The first-order valence-electron chi connectivity index (χ1n) is 5.70. The van der Waals surface area contributed by atoms with Gasteiger partial charge in [-0.2, -0.15) is 0 Å². The van der Waals surface area contributed by atoms with E-state index in [-0.39, 0.29) is 12.0 Å². The second-order valence-corrected chi connectivity index (χ2v) is 5.57. The fourth-order valence-corrected chi connectivity index (χ4v) is 1.58. The third kappa shape index (κ3) is 3.99. The van der Waals surface area contributed by atoms with Crippen molar-refractivity contribution in [1.82, 2.24) is 5.32 Å². The van der Waals surface area contributed by atoms with E-state index in [0.29, 0.717) is 6.54 Å². The molecule has 0 radical (unpaired) electrons. The highest BCUT2D eigenvalue weighted by molar-refractivity contribution is 4.85. The minimum Gasteiger partial charge on any atom is -0.388 e.